The summed E-state index contributed by atoms with van der Waals surface area (Å²) in [4.78, 5) is 13.3. The molecular weight excluding hydrogens is 198 g/mol. The van der Waals surface area contributed by atoms with Crippen LogP contribution in [0.5, 0.6) is 5.75 Å². The van der Waals surface area contributed by atoms with Crippen LogP contribution in [0.3, 0.4) is 0 Å². The average Bonchev–Trinajstić information content (AvgIpc) is 2.25. The summed E-state index contributed by atoms with van der Waals surface area (Å²) in [5, 5.41) is 12.1. The fourth-order valence-corrected chi connectivity index (χ4v) is 1.11. The lowest BCUT2D eigenvalue weighted by Gasteiger charge is -2.04. The maximum atomic E-state index is 10.7. The van der Waals surface area contributed by atoms with Crippen molar-refractivity contribution in [2.45, 2.75) is 6.54 Å². The van der Waals surface area contributed by atoms with Gasteiger partial charge in [-0.3, -0.25) is 0 Å². The van der Waals surface area contributed by atoms with Crippen molar-refractivity contribution in [2.75, 3.05) is 7.11 Å². The number of azide groups is 1. The van der Waals surface area contributed by atoms with E-state index in [2.05, 4.69) is 10.0 Å². The fourth-order valence-electron chi connectivity index (χ4n) is 1.11. The molecule has 1 aromatic rings. The smallest absolute Gasteiger partial charge is 0.335 e. The van der Waals surface area contributed by atoms with Crippen LogP contribution in [-0.4, -0.2) is 18.2 Å². The van der Waals surface area contributed by atoms with Gasteiger partial charge in [-0.15, -0.1) is 0 Å². The zero-order valence-electron chi connectivity index (χ0n) is 8.04. The summed E-state index contributed by atoms with van der Waals surface area (Å²) < 4.78 is 4.93. The highest BCUT2D eigenvalue weighted by Gasteiger charge is 2.06. The van der Waals surface area contributed by atoms with Gasteiger partial charge in [0.1, 0.15) is 5.75 Å². The van der Waals surface area contributed by atoms with Crippen LogP contribution in [0.1, 0.15) is 15.9 Å². The minimum absolute atomic E-state index is 0.105. The van der Waals surface area contributed by atoms with Gasteiger partial charge in [-0.1, -0.05) is 5.11 Å². The summed E-state index contributed by atoms with van der Waals surface area (Å²) in [5.74, 6) is -0.617. The van der Waals surface area contributed by atoms with Gasteiger partial charge < -0.3 is 9.84 Å². The molecule has 0 radical (unpaired) electrons. The highest BCUT2D eigenvalue weighted by molar-refractivity contribution is 5.88. The monoisotopic (exact) mass is 207 g/mol. The molecule has 0 amide bonds. The SMILES string of the molecule is COc1cc(CN=[N+]=[N-])cc(C(=O)O)c1. The maximum absolute atomic E-state index is 10.7. The van der Waals surface area contributed by atoms with E-state index in [9.17, 15) is 4.79 Å². The van der Waals surface area contributed by atoms with Crippen LogP contribution in [0, 0.1) is 0 Å². The van der Waals surface area contributed by atoms with Crippen molar-refractivity contribution in [2.24, 2.45) is 5.11 Å². The van der Waals surface area contributed by atoms with E-state index in [1.165, 1.54) is 19.2 Å². The molecule has 6 heteroatoms. The summed E-state index contributed by atoms with van der Waals surface area (Å²) in [6, 6.07) is 4.47. The Bertz CT molecular complexity index is 425. The third kappa shape index (κ3) is 2.89. The van der Waals surface area contributed by atoms with Gasteiger partial charge in [-0.2, -0.15) is 0 Å². The molecule has 0 spiro atoms. The van der Waals surface area contributed by atoms with Gasteiger partial charge in [-0.05, 0) is 29.3 Å². The number of ether oxygens (including phenoxy) is 1. The van der Waals surface area contributed by atoms with Gasteiger partial charge in [0.25, 0.3) is 0 Å². The Kier molecular flexibility index (Phi) is 3.54. The number of carbonyl (C=O) groups is 1. The molecule has 0 fully saturated rings. The molecule has 0 aromatic heterocycles. The van der Waals surface area contributed by atoms with E-state index in [0.29, 0.717) is 11.3 Å². The molecule has 0 atom stereocenters. The summed E-state index contributed by atoms with van der Waals surface area (Å²) in [7, 11) is 1.44. The third-order valence-electron chi connectivity index (χ3n) is 1.77. The van der Waals surface area contributed by atoms with Crippen molar-refractivity contribution in [3.8, 4) is 5.75 Å². The first kappa shape index (κ1) is 10.9. The lowest BCUT2D eigenvalue weighted by Crippen LogP contribution is -1.98. The highest BCUT2D eigenvalue weighted by atomic mass is 16.5. The lowest BCUT2D eigenvalue weighted by atomic mass is 10.1. The molecule has 1 N–H and O–H groups in total. The van der Waals surface area contributed by atoms with E-state index in [4.69, 9.17) is 15.4 Å². The Morgan fingerprint density at radius 3 is 2.87 bits per heavy atom. The minimum Gasteiger partial charge on any atom is -0.497 e. The number of carboxylic acid groups (broad SMARTS) is 1. The first-order valence-corrected chi connectivity index (χ1v) is 4.09. The first-order chi connectivity index (χ1) is 7.17. The Hall–Kier alpha value is -2.20. The molecule has 78 valence electrons. The van der Waals surface area contributed by atoms with E-state index in [0.717, 1.165) is 0 Å². The number of benzene rings is 1. The molecular formula is C9H9N3O3. The summed E-state index contributed by atoms with van der Waals surface area (Å²) in [6.07, 6.45) is 0. The molecule has 1 rings (SSSR count). The number of rotatable bonds is 4. The number of nitrogens with zero attached hydrogens (tertiary/aromatic N) is 3. The second-order valence-electron chi connectivity index (χ2n) is 2.76. The molecule has 6 nitrogen and oxygen atoms in total. The van der Waals surface area contributed by atoms with Crippen molar-refractivity contribution in [1.29, 1.82) is 0 Å². The third-order valence-corrected chi connectivity index (χ3v) is 1.77. The molecule has 0 aliphatic heterocycles. The Balaban J connectivity index is 3.10. The number of aromatic carboxylic acids is 1. The van der Waals surface area contributed by atoms with Gasteiger partial charge in [0, 0.05) is 4.91 Å². The van der Waals surface area contributed by atoms with Crippen molar-refractivity contribution < 1.29 is 14.6 Å². The van der Waals surface area contributed by atoms with Crippen LogP contribution in [-0.2, 0) is 6.54 Å². The zero-order chi connectivity index (χ0) is 11.3. The second-order valence-corrected chi connectivity index (χ2v) is 2.76. The van der Waals surface area contributed by atoms with Gasteiger partial charge >= 0.3 is 5.97 Å². The van der Waals surface area contributed by atoms with E-state index < -0.39 is 5.97 Å². The molecule has 0 bridgehead atoms. The second kappa shape index (κ2) is 4.88. The Morgan fingerprint density at radius 2 is 2.33 bits per heavy atom. The normalized spacial score (nSPS) is 9.13. The number of hydrogen-bond acceptors (Lipinski definition) is 3. The molecule has 0 aliphatic carbocycles. The van der Waals surface area contributed by atoms with Gasteiger partial charge in [-0.25, -0.2) is 4.79 Å². The van der Waals surface area contributed by atoms with Gasteiger partial charge in [0.15, 0.2) is 0 Å². The van der Waals surface area contributed by atoms with E-state index in [1.807, 2.05) is 0 Å². The summed E-state index contributed by atoms with van der Waals surface area (Å²) >= 11 is 0. The van der Waals surface area contributed by atoms with Crippen molar-refractivity contribution >= 4 is 5.97 Å². The Labute approximate surface area is 85.7 Å². The summed E-state index contributed by atoms with van der Waals surface area (Å²) in [6.45, 7) is 0.105. The van der Waals surface area contributed by atoms with Gasteiger partial charge in [0.05, 0.1) is 19.2 Å². The van der Waals surface area contributed by atoms with Crippen LogP contribution in [0.4, 0.5) is 0 Å². The molecule has 15 heavy (non-hydrogen) atoms. The van der Waals surface area contributed by atoms with Crippen molar-refractivity contribution in [3.05, 3.63) is 39.8 Å². The highest BCUT2D eigenvalue weighted by Crippen LogP contribution is 2.17. The van der Waals surface area contributed by atoms with E-state index in [1.54, 1.807) is 6.07 Å². The van der Waals surface area contributed by atoms with Gasteiger partial charge in [0.2, 0.25) is 0 Å². The Morgan fingerprint density at radius 1 is 1.60 bits per heavy atom. The van der Waals surface area contributed by atoms with Crippen LogP contribution in [0.25, 0.3) is 10.4 Å². The molecule has 0 aliphatic rings. The van der Waals surface area contributed by atoms with Crippen LogP contribution >= 0.6 is 0 Å². The van der Waals surface area contributed by atoms with Crippen LogP contribution in [0.2, 0.25) is 0 Å². The molecule has 0 saturated heterocycles. The molecule has 1 aromatic carbocycles. The number of carboxylic acids is 1. The molecule has 0 unspecified atom stereocenters. The van der Waals surface area contributed by atoms with E-state index in [-0.39, 0.29) is 12.1 Å². The minimum atomic E-state index is -1.05. The molecule has 0 saturated carbocycles. The molecule has 0 heterocycles. The fraction of sp³-hybridized carbons (Fsp3) is 0.222. The maximum Gasteiger partial charge on any atom is 0.335 e. The summed E-state index contributed by atoms with van der Waals surface area (Å²) in [5.41, 5.74) is 8.85. The lowest BCUT2D eigenvalue weighted by molar-refractivity contribution is 0.0696. The van der Waals surface area contributed by atoms with Crippen LogP contribution < -0.4 is 4.74 Å². The zero-order valence-corrected chi connectivity index (χ0v) is 8.04. The number of hydrogen-bond donors (Lipinski definition) is 1. The van der Waals surface area contributed by atoms with Crippen molar-refractivity contribution in [1.82, 2.24) is 0 Å². The standard InChI is InChI=1S/C9H9N3O3/c1-15-8-3-6(5-11-12-10)2-7(4-8)9(13)14/h2-4H,5H2,1H3,(H,13,14). The average molecular weight is 207 g/mol. The largest absolute Gasteiger partial charge is 0.497 e. The first-order valence-electron chi connectivity index (χ1n) is 4.09. The predicted octanol–water partition coefficient (Wildman–Crippen LogP) is 2.20. The van der Waals surface area contributed by atoms with Crippen molar-refractivity contribution in [3.63, 3.8) is 0 Å². The quantitative estimate of drug-likeness (QED) is 0.465. The van der Waals surface area contributed by atoms with Crippen LogP contribution in [0.15, 0.2) is 23.3 Å². The number of methoxy groups -OCH3 is 1. The van der Waals surface area contributed by atoms with E-state index >= 15 is 0 Å². The topological polar surface area (TPSA) is 95.3 Å². The predicted molar refractivity (Wildman–Crippen MR) is 52.8 cm³/mol.